The molecule has 21 heavy (non-hydrogen) atoms. The van der Waals surface area contributed by atoms with Crippen LogP contribution in [0.4, 0.5) is 6.01 Å². The molecule has 2 aromatic heterocycles. The number of para-hydroxylation sites is 2. The topological polar surface area (TPSA) is 103 Å². The SMILES string of the molecule is CC(=O)Nc1nnc(-c2nc3ccccc3n(C)c2=O)o1. The molecule has 0 atom stereocenters. The summed E-state index contributed by atoms with van der Waals surface area (Å²) in [7, 11) is 1.64. The Labute approximate surface area is 118 Å². The molecule has 0 saturated carbocycles. The molecular weight excluding hydrogens is 274 g/mol. The van der Waals surface area contributed by atoms with E-state index in [2.05, 4.69) is 20.5 Å². The molecule has 0 saturated heterocycles. The lowest BCUT2D eigenvalue weighted by molar-refractivity contribution is -0.114. The largest absolute Gasteiger partial charge is 0.401 e. The molecule has 0 fully saturated rings. The van der Waals surface area contributed by atoms with E-state index in [-0.39, 0.29) is 29.1 Å². The molecule has 1 amide bonds. The van der Waals surface area contributed by atoms with Crippen LogP contribution in [-0.4, -0.2) is 25.7 Å². The zero-order chi connectivity index (χ0) is 15.0. The Morgan fingerprint density at radius 2 is 2.05 bits per heavy atom. The van der Waals surface area contributed by atoms with Gasteiger partial charge in [-0.1, -0.05) is 17.2 Å². The minimum atomic E-state index is -0.355. The monoisotopic (exact) mass is 285 g/mol. The summed E-state index contributed by atoms with van der Waals surface area (Å²) >= 11 is 0. The Bertz CT molecular complexity index is 896. The molecule has 0 aliphatic carbocycles. The number of amides is 1. The minimum absolute atomic E-state index is 0.0369. The van der Waals surface area contributed by atoms with Gasteiger partial charge in [0.05, 0.1) is 11.0 Å². The van der Waals surface area contributed by atoms with Crippen molar-refractivity contribution in [1.29, 1.82) is 0 Å². The Morgan fingerprint density at radius 1 is 1.29 bits per heavy atom. The molecule has 8 nitrogen and oxygen atoms in total. The smallest absolute Gasteiger partial charge is 0.322 e. The van der Waals surface area contributed by atoms with Gasteiger partial charge in [-0.3, -0.25) is 14.9 Å². The van der Waals surface area contributed by atoms with E-state index >= 15 is 0 Å². The lowest BCUT2D eigenvalue weighted by atomic mass is 10.3. The second-order valence-corrected chi connectivity index (χ2v) is 4.41. The van der Waals surface area contributed by atoms with Gasteiger partial charge in [-0.15, -0.1) is 5.10 Å². The number of hydrogen-bond donors (Lipinski definition) is 1. The van der Waals surface area contributed by atoms with Crippen molar-refractivity contribution in [2.45, 2.75) is 6.92 Å². The third-order valence-electron chi connectivity index (χ3n) is 2.89. The summed E-state index contributed by atoms with van der Waals surface area (Å²) in [5.74, 6) is -0.380. The fourth-order valence-corrected chi connectivity index (χ4v) is 1.94. The average molecular weight is 285 g/mol. The van der Waals surface area contributed by atoms with Crippen LogP contribution >= 0.6 is 0 Å². The van der Waals surface area contributed by atoms with Gasteiger partial charge in [0.2, 0.25) is 5.91 Å². The number of aryl methyl sites for hydroxylation is 1. The normalized spacial score (nSPS) is 10.8. The van der Waals surface area contributed by atoms with E-state index in [1.165, 1.54) is 11.5 Å². The van der Waals surface area contributed by atoms with Gasteiger partial charge in [-0.05, 0) is 12.1 Å². The Morgan fingerprint density at radius 3 is 2.81 bits per heavy atom. The lowest BCUT2D eigenvalue weighted by Gasteiger charge is -2.05. The van der Waals surface area contributed by atoms with E-state index < -0.39 is 0 Å². The lowest BCUT2D eigenvalue weighted by Crippen LogP contribution is -2.20. The molecule has 0 aliphatic heterocycles. The number of benzene rings is 1. The van der Waals surface area contributed by atoms with Crippen LogP contribution in [0.1, 0.15) is 6.92 Å². The van der Waals surface area contributed by atoms with Gasteiger partial charge >= 0.3 is 6.01 Å². The molecule has 3 rings (SSSR count). The molecule has 0 aliphatic rings. The zero-order valence-corrected chi connectivity index (χ0v) is 11.3. The summed E-state index contributed by atoms with van der Waals surface area (Å²) in [6.45, 7) is 1.32. The van der Waals surface area contributed by atoms with Crippen LogP contribution in [0, 0.1) is 0 Å². The fourth-order valence-electron chi connectivity index (χ4n) is 1.94. The molecule has 0 unspecified atom stereocenters. The predicted octanol–water partition coefficient (Wildman–Crippen LogP) is 0.942. The summed E-state index contributed by atoms with van der Waals surface area (Å²) in [4.78, 5) is 27.5. The third-order valence-corrected chi connectivity index (χ3v) is 2.89. The predicted molar refractivity (Wildman–Crippen MR) is 74.6 cm³/mol. The first kappa shape index (κ1) is 13.0. The van der Waals surface area contributed by atoms with Crippen LogP contribution in [-0.2, 0) is 11.8 Å². The van der Waals surface area contributed by atoms with Crippen molar-refractivity contribution >= 4 is 23.0 Å². The van der Waals surface area contributed by atoms with Crippen molar-refractivity contribution in [1.82, 2.24) is 19.7 Å². The van der Waals surface area contributed by atoms with Gasteiger partial charge in [0.25, 0.3) is 11.4 Å². The van der Waals surface area contributed by atoms with Crippen molar-refractivity contribution in [3.8, 4) is 11.6 Å². The van der Waals surface area contributed by atoms with E-state index in [1.807, 2.05) is 12.1 Å². The third kappa shape index (κ3) is 2.27. The molecular formula is C13H11N5O3. The van der Waals surface area contributed by atoms with E-state index in [0.29, 0.717) is 11.0 Å². The minimum Gasteiger partial charge on any atom is -0.401 e. The van der Waals surface area contributed by atoms with Gasteiger partial charge < -0.3 is 8.98 Å². The first-order valence-corrected chi connectivity index (χ1v) is 6.13. The van der Waals surface area contributed by atoms with Crippen molar-refractivity contribution in [3.05, 3.63) is 34.6 Å². The highest BCUT2D eigenvalue weighted by Gasteiger charge is 2.17. The van der Waals surface area contributed by atoms with Crippen molar-refractivity contribution in [2.75, 3.05) is 5.32 Å². The number of carbonyl (C=O) groups is 1. The highest BCUT2D eigenvalue weighted by atomic mass is 16.4. The summed E-state index contributed by atoms with van der Waals surface area (Å²) < 4.78 is 6.69. The fraction of sp³-hybridized carbons (Fsp3) is 0.154. The zero-order valence-electron chi connectivity index (χ0n) is 11.3. The van der Waals surface area contributed by atoms with Crippen LogP contribution in [0.3, 0.4) is 0 Å². The molecule has 2 heterocycles. The van der Waals surface area contributed by atoms with E-state index in [0.717, 1.165) is 0 Å². The van der Waals surface area contributed by atoms with Crippen LogP contribution < -0.4 is 10.9 Å². The molecule has 1 N–H and O–H groups in total. The van der Waals surface area contributed by atoms with E-state index in [4.69, 9.17) is 4.42 Å². The number of rotatable bonds is 2. The summed E-state index contributed by atoms with van der Waals surface area (Å²) in [5, 5.41) is 9.74. The number of anilines is 1. The Hall–Kier alpha value is -3.03. The first-order chi connectivity index (χ1) is 10.1. The Balaban J connectivity index is 2.16. The summed E-state index contributed by atoms with van der Waals surface area (Å²) in [6, 6.07) is 7.15. The van der Waals surface area contributed by atoms with E-state index in [9.17, 15) is 9.59 Å². The average Bonchev–Trinajstić information content (AvgIpc) is 2.90. The van der Waals surface area contributed by atoms with Crippen LogP contribution in [0.15, 0.2) is 33.5 Å². The van der Waals surface area contributed by atoms with Gasteiger partial charge in [0.1, 0.15) is 0 Å². The maximum atomic E-state index is 12.3. The van der Waals surface area contributed by atoms with Crippen LogP contribution in [0.2, 0.25) is 0 Å². The first-order valence-electron chi connectivity index (χ1n) is 6.13. The van der Waals surface area contributed by atoms with Crippen molar-refractivity contribution < 1.29 is 9.21 Å². The number of fused-ring (bicyclic) bond motifs is 1. The molecule has 3 aromatic rings. The number of aromatic nitrogens is 4. The molecule has 0 bridgehead atoms. The van der Waals surface area contributed by atoms with Crippen molar-refractivity contribution in [2.24, 2.45) is 7.05 Å². The van der Waals surface area contributed by atoms with E-state index in [1.54, 1.807) is 19.2 Å². The standard InChI is InChI=1S/C13H11N5O3/c1-7(19)14-13-17-16-11(21-13)10-12(20)18(2)9-6-4-3-5-8(9)15-10/h3-6H,1-2H3,(H,14,17,19). The maximum absolute atomic E-state index is 12.3. The molecule has 0 spiro atoms. The maximum Gasteiger partial charge on any atom is 0.322 e. The number of carbonyl (C=O) groups excluding carboxylic acids is 1. The van der Waals surface area contributed by atoms with Gasteiger partial charge in [0, 0.05) is 14.0 Å². The van der Waals surface area contributed by atoms with Gasteiger partial charge in [-0.2, -0.15) is 0 Å². The van der Waals surface area contributed by atoms with Crippen LogP contribution in [0.5, 0.6) is 0 Å². The van der Waals surface area contributed by atoms with Crippen molar-refractivity contribution in [3.63, 3.8) is 0 Å². The quantitative estimate of drug-likeness (QED) is 0.751. The second kappa shape index (κ2) is 4.82. The second-order valence-electron chi connectivity index (χ2n) is 4.41. The molecule has 8 heteroatoms. The molecule has 0 radical (unpaired) electrons. The number of nitrogens with one attached hydrogen (secondary N) is 1. The highest BCUT2D eigenvalue weighted by Crippen LogP contribution is 2.17. The van der Waals surface area contributed by atoms with Gasteiger partial charge in [0.15, 0.2) is 5.69 Å². The van der Waals surface area contributed by atoms with Gasteiger partial charge in [-0.25, -0.2) is 4.98 Å². The number of nitrogens with zero attached hydrogens (tertiary/aromatic N) is 4. The summed E-state index contributed by atoms with van der Waals surface area (Å²) in [6.07, 6.45) is 0. The number of hydrogen-bond acceptors (Lipinski definition) is 6. The molecule has 106 valence electrons. The van der Waals surface area contributed by atoms with Crippen LogP contribution in [0.25, 0.3) is 22.6 Å². The Kier molecular flexibility index (Phi) is 2.98. The molecule has 1 aromatic carbocycles. The highest BCUT2D eigenvalue weighted by molar-refractivity contribution is 5.86. The summed E-state index contributed by atoms with van der Waals surface area (Å²) in [5.41, 5.74) is 1.02.